The van der Waals surface area contributed by atoms with Crippen LogP contribution >= 0.6 is 114 Å². The van der Waals surface area contributed by atoms with Crippen molar-refractivity contribution >= 4 is 177 Å². The summed E-state index contributed by atoms with van der Waals surface area (Å²) in [6, 6.07) is 32.6. The topological polar surface area (TPSA) is 358 Å². The number of rotatable bonds is 14. The lowest BCUT2D eigenvalue weighted by Crippen LogP contribution is -2.54. The first-order valence-electron chi connectivity index (χ1n) is 37.4. The number of carbonyl (C=O) groups excluding carboxylic acids is 2. The molecule has 2 amide bonds. The minimum atomic E-state index is -0.899. The number of piperazine rings is 1. The van der Waals surface area contributed by atoms with E-state index in [4.69, 9.17) is 71.9 Å². The third kappa shape index (κ3) is 28.0. The first-order chi connectivity index (χ1) is 57.9. The fourth-order valence-electron chi connectivity index (χ4n) is 11.5. The zero-order valence-corrected chi connectivity index (χ0v) is 78.6. The van der Waals surface area contributed by atoms with E-state index in [1.54, 1.807) is 84.4 Å². The molecule has 123 heavy (non-hydrogen) atoms. The van der Waals surface area contributed by atoms with E-state index in [2.05, 4.69) is 145 Å². The third-order valence-corrected chi connectivity index (χ3v) is 21.7. The fraction of sp³-hybridized carbons (Fsp3) is 0.279. The molecule has 0 unspecified atom stereocenters. The Morgan fingerprint density at radius 1 is 0.561 bits per heavy atom. The minimum Gasteiger partial charge on any atom is -0.444 e. The van der Waals surface area contributed by atoms with Gasteiger partial charge in [0.15, 0.2) is 17.5 Å². The van der Waals surface area contributed by atoms with Crippen LogP contribution < -0.4 is 44.0 Å². The Morgan fingerprint density at radius 2 is 0.959 bits per heavy atom. The van der Waals surface area contributed by atoms with E-state index in [0.717, 1.165) is 52.0 Å². The molecule has 1 saturated heterocycles. The van der Waals surface area contributed by atoms with Gasteiger partial charge in [0, 0.05) is 79.0 Å². The number of nitrogens with zero attached hydrogens (tertiary/aromatic N) is 10. The van der Waals surface area contributed by atoms with Gasteiger partial charge in [-0.05, 0) is 201 Å². The number of primary amides is 1. The van der Waals surface area contributed by atoms with Gasteiger partial charge in [0.2, 0.25) is 0 Å². The van der Waals surface area contributed by atoms with Crippen LogP contribution in [0.5, 0.6) is 0 Å². The molecule has 0 bridgehead atoms. The smallest absolute Gasteiger partial charge is 0.410 e. The molecule has 37 heteroatoms. The van der Waals surface area contributed by atoms with E-state index < -0.39 is 63.2 Å². The third-order valence-electron chi connectivity index (χ3n) is 17.1. The Bertz CT molecular complexity index is 5870. The maximum atomic E-state index is 14.5. The Morgan fingerprint density at radius 3 is 1.40 bits per heavy atom. The first-order valence-corrected chi connectivity index (χ1v) is 42.5. The van der Waals surface area contributed by atoms with Crippen LogP contribution in [0.3, 0.4) is 0 Å². The molecule has 7 heterocycles. The van der Waals surface area contributed by atoms with Crippen LogP contribution in [0, 0.1) is 68.9 Å². The molecule has 648 valence electrons. The number of anilines is 7. The van der Waals surface area contributed by atoms with Gasteiger partial charge in [-0.3, -0.25) is 44.1 Å². The number of nitrogen functional groups attached to an aromatic ring is 1. The van der Waals surface area contributed by atoms with Crippen molar-refractivity contribution in [3.05, 3.63) is 278 Å². The van der Waals surface area contributed by atoms with Crippen LogP contribution in [0.25, 0.3) is 16.6 Å². The van der Waals surface area contributed by atoms with E-state index in [1.807, 2.05) is 113 Å². The van der Waals surface area contributed by atoms with Gasteiger partial charge in [-0.2, -0.15) is 15.8 Å². The first kappa shape index (κ1) is 102. The molecule has 1 fully saturated rings. The number of aromatic amines is 1. The van der Waals surface area contributed by atoms with Crippen LogP contribution in [0.2, 0.25) is 15.1 Å². The second-order valence-corrected chi connectivity index (χ2v) is 34.7. The number of hydrogen-bond acceptors (Lipinski definition) is 19. The van der Waals surface area contributed by atoms with Gasteiger partial charge in [0.1, 0.15) is 63.3 Å². The number of aliphatic hydroxyl groups excluding tert-OH is 1. The number of amides is 2. The van der Waals surface area contributed by atoms with Crippen molar-refractivity contribution in [1.29, 1.82) is 15.8 Å². The van der Waals surface area contributed by atoms with Gasteiger partial charge in [-0.15, -0.1) is 0 Å². The number of carbonyl (C=O) groups is 2. The van der Waals surface area contributed by atoms with E-state index in [1.165, 1.54) is 28.8 Å². The molecular formula is C86H85Br5Cl3F6N17O6. The van der Waals surface area contributed by atoms with Gasteiger partial charge >= 0.3 is 11.8 Å². The average molecular weight is 2070 g/mol. The highest BCUT2D eigenvalue weighted by Gasteiger charge is 2.29. The molecule has 11 aromatic rings. The summed E-state index contributed by atoms with van der Waals surface area (Å²) in [7, 11) is 0. The number of halogens is 14. The standard InChI is InChI=1S/C16H12BrClFN3O2.C15H14BrClFN3O.C15H12BrClFN3.C15H13BrFN3.C10H20N2O3.C8H12N2.C7H2BrF2N/c1-7(2)14-9(4-3-5-20-14)22-10-6-8(17)12(18)13(19)11(10)15(23)21-16(22)24;1-7(2)14-9(4-3-5-20-14)21-10-6-8(16)12(17)13(18)11(10)15(19)22;1-8(2)15-11(4-3-5-20-15)21-12-6-10(16)13(17)14(18)9(12)7-19;1-9(2)15-13(4-3-5-19-15)20-14-7-10(16)6-12(17)11(14)8-18;1-10(2,3)15-9(14)12-5-4-11-8(6-12)7-13;1-6(2)8-7(9)4-3-5-10-8;8-4-1-6(9)5(3-11)7(10)2-4/h3-7H,1-2H3,(H,21,23,24);3-7,21H,1-2H3,(H2,19,22);3-6,8,21H,1-2H3;3-7,9,20H,1-2H3;8,11,13H,4-7H2,1-3H3;3-6H,9H2,1-2H3;1-2H/t;;;;8-;;/m....0../s1. The van der Waals surface area contributed by atoms with Crippen LogP contribution in [0.15, 0.2) is 166 Å². The van der Waals surface area contributed by atoms with Gasteiger partial charge in [-0.1, -0.05) is 136 Å². The highest BCUT2D eigenvalue weighted by Crippen LogP contribution is 2.39. The predicted molar refractivity (Wildman–Crippen MR) is 488 cm³/mol. The number of H-pyrrole nitrogens is 1. The van der Waals surface area contributed by atoms with Crippen molar-refractivity contribution in [2.24, 2.45) is 5.73 Å². The second-order valence-electron chi connectivity index (χ2n) is 29.1. The number of aromatic nitrogens is 7. The van der Waals surface area contributed by atoms with Crippen LogP contribution in [-0.4, -0.2) is 94.4 Å². The van der Waals surface area contributed by atoms with E-state index in [9.17, 15) is 45.5 Å². The quantitative estimate of drug-likeness (QED) is 0.0370. The Labute approximate surface area is 764 Å². The van der Waals surface area contributed by atoms with Crippen molar-refractivity contribution in [1.82, 2.24) is 44.7 Å². The van der Waals surface area contributed by atoms with E-state index >= 15 is 0 Å². The summed E-state index contributed by atoms with van der Waals surface area (Å²) >= 11 is 33.1. The lowest BCUT2D eigenvalue weighted by atomic mass is 10.1. The van der Waals surface area contributed by atoms with Crippen molar-refractivity contribution in [2.45, 2.75) is 131 Å². The lowest BCUT2D eigenvalue weighted by Gasteiger charge is -2.34. The van der Waals surface area contributed by atoms with Gasteiger partial charge in [-0.25, -0.2) is 35.9 Å². The van der Waals surface area contributed by atoms with E-state index in [-0.39, 0.29) is 99.7 Å². The number of pyridine rings is 5. The maximum absolute atomic E-state index is 14.5. The molecule has 1 aliphatic heterocycles. The largest absolute Gasteiger partial charge is 0.444 e. The van der Waals surface area contributed by atoms with Crippen LogP contribution in [-0.2, 0) is 4.74 Å². The average Bonchev–Trinajstić information content (AvgIpc) is 0.746. The number of nitrogens with two attached hydrogens (primary N) is 2. The number of fused-ring (bicyclic) bond motifs is 1. The van der Waals surface area contributed by atoms with Crippen LogP contribution in [0.1, 0.15) is 175 Å². The molecule has 23 nitrogen and oxygen atoms in total. The summed E-state index contributed by atoms with van der Waals surface area (Å²) in [5, 5.41) is 47.0. The summed E-state index contributed by atoms with van der Waals surface area (Å²) < 4.78 is 90.1. The van der Waals surface area contributed by atoms with Crippen molar-refractivity contribution in [3.63, 3.8) is 0 Å². The Balaban J connectivity index is 0.000000226. The number of hydrogen-bond donors (Lipinski definition) is 8. The fourth-order valence-corrected chi connectivity index (χ4v) is 14.0. The SMILES string of the molecule is CC(C)(C)OC(=O)N1CCN[C@H](CO)C1.CC(C)c1ncccc1-n1c(=O)[nH]c(=O)c2c(F)c(Cl)c(Br)cc21.CC(C)c1ncccc1N.CC(C)c1ncccc1Nc1cc(Br)c(Cl)c(F)c1C#N.CC(C)c1ncccc1Nc1cc(Br)c(Cl)c(F)c1C(N)=O.CC(C)c1ncccc1Nc1cc(Br)cc(F)c1C#N.N#Cc1c(F)cc(Br)cc1F. The summed E-state index contributed by atoms with van der Waals surface area (Å²) in [6.45, 7) is 27.5. The number of benzene rings is 5. The zero-order chi connectivity index (χ0) is 91.8. The van der Waals surface area contributed by atoms with Crippen molar-refractivity contribution < 1.29 is 45.8 Å². The molecule has 0 spiro atoms. The molecular weight excluding hydrogens is 1990 g/mol. The number of nitriles is 3. The van der Waals surface area contributed by atoms with Gasteiger partial charge < -0.3 is 47.5 Å². The van der Waals surface area contributed by atoms with Gasteiger partial charge in [0.25, 0.3) is 11.5 Å². The number of ether oxygens (including phenoxy) is 1. The lowest BCUT2D eigenvalue weighted by molar-refractivity contribution is 0.0173. The monoisotopic (exact) mass is 2070 g/mol. The summed E-state index contributed by atoms with van der Waals surface area (Å²) in [5.74, 6) is -4.63. The second kappa shape index (κ2) is 47.2. The summed E-state index contributed by atoms with van der Waals surface area (Å²) in [5.41, 5.74) is 16.7. The predicted octanol–water partition coefficient (Wildman–Crippen LogP) is 23.0. The molecule has 0 aliphatic carbocycles. The summed E-state index contributed by atoms with van der Waals surface area (Å²) in [6.07, 6.45) is 8.17. The van der Waals surface area contributed by atoms with Crippen molar-refractivity contribution in [2.75, 3.05) is 47.9 Å². The molecule has 1 atom stereocenters. The molecule has 6 aromatic heterocycles. The Kier molecular flexibility index (Phi) is 39.0. The van der Waals surface area contributed by atoms with Crippen molar-refractivity contribution in [3.8, 4) is 23.9 Å². The van der Waals surface area contributed by atoms with E-state index in [0.29, 0.717) is 67.4 Å². The number of aliphatic hydroxyl groups is 1. The normalized spacial score (nSPS) is 12.1. The molecule has 1 aliphatic rings. The molecule has 0 radical (unpaired) electrons. The summed E-state index contributed by atoms with van der Waals surface area (Å²) in [4.78, 5) is 72.9. The van der Waals surface area contributed by atoms with Crippen LogP contribution in [0.4, 0.5) is 70.9 Å². The molecule has 0 saturated carbocycles. The molecule has 5 aromatic carbocycles. The Hall–Kier alpha value is -10.0. The number of nitrogens with one attached hydrogen (secondary N) is 5. The highest BCUT2D eigenvalue weighted by molar-refractivity contribution is 9.11. The molecule has 10 N–H and O–H groups in total. The molecule has 12 rings (SSSR count). The zero-order valence-electron chi connectivity index (χ0n) is 68.4. The van der Waals surface area contributed by atoms with Gasteiger partial charge in [0.05, 0.1) is 107 Å². The minimum absolute atomic E-state index is 0.00763. The maximum Gasteiger partial charge on any atom is 0.410 e. The highest BCUT2D eigenvalue weighted by atomic mass is 79.9.